The van der Waals surface area contributed by atoms with Crippen molar-refractivity contribution in [3.05, 3.63) is 29.3 Å². The van der Waals surface area contributed by atoms with Crippen LogP contribution in [-0.4, -0.2) is 54.7 Å². The van der Waals surface area contributed by atoms with Gasteiger partial charge in [-0.3, -0.25) is 4.90 Å². The Kier molecular flexibility index (Phi) is 3.66. The molecule has 3 heteroatoms. The van der Waals surface area contributed by atoms with Crippen molar-refractivity contribution >= 4 is 0 Å². The Morgan fingerprint density at radius 1 is 1.09 bits per heavy atom. The zero-order chi connectivity index (χ0) is 15.2. The lowest BCUT2D eigenvalue weighted by Crippen LogP contribution is -2.52. The Hall–Kier alpha value is -1.06. The molecule has 0 atom stereocenters. The highest BCUT2D eigenvalue weighted by Crippen LogP contribution is 2.41. The van der Waals surface area contributed by atoms with E-state index >= 15 is 0 Å². The van der Waals surface area contributed by atoms with Crippen molar-refractivity contribution in [2.75, 3.05) is 33.2 Å². The van der Waals surface area contributed by atoms with Crippen LogP contribution in [0.1, 0.15) is 36.8 Å². The maximum atomic E-state index is 6.41. The van der Waals surface area contributed by atoms with Gasteiger partial charge in [0.1, 0.15) is 11.4 Å². The molecule has 3 aliphatic rings. The molecule has 22 heavy (non-hydrogen) atoms. The number of nitrogens with zero attached hydrogens (tertiary/aromatic N) is 2. The fraction of sp³-hybridized carbons (Fsp3) is 0.684. The minimum Gasteiger partial charge on any atom is -0.487 e. The lowest BCUT2D eigenvalue weighted by Gasteiger charge is -2.44. The van der Waals surface area contributed by atoms with Gasteiger partial charge in [0.05, 0.1) is 0 Å². The molecular weight excluding hydrogens is 272 g/mol. The first-order valence-electron chi connectivity index (χ1n) is 8.85. The SMILES string of the molecule is Cc1ccc2c(c1)CC1(CCN(C3CCN(C)CC3)CC1)O2. The summed E-state index contributed by atoms with van der Waals surface area (Å²) in [6, 6.07) is 7.46. The second-order valence-corrected chi connectivity index (χ2v) is 7.64. The maximum absolute atomic E-state index is 6.41. The van der Waals surface area contributed by atoms with Crippen LogP contribution in [0.5, 0.6) is 5.75 Å². The molecule has 1 aromatic carbocycles. The Morgan fingerprint density at radius 2 is 1.82 bits per heavy atom. The predicted octanol–water partition coefficient (Wildman–Crippen LogP) is 2.86. The zero-order valence-electron chi connectivity index (χ0n) is 14.0. The molecule has 3 aliphatic heterocycles. The van der Waals surface area contributed by atoms with Gasteiger partial charge in [0, 0.05) is 38.4 Å². The van der Waals surface area contributed by atoms with E-state index < -0.39 is 0 Å². The van der Waals surface area contributed by atoms with Crippen LogP contribution in [0, 0.1) is 6.92 Å². The molecule has 4 rings (SSSR count). The summed E-state index contributed by atoms with van der Waals surface area (Å²) < 4.78 is 6.41. The van der Waals surface area contributed by atoms with Crippen LogP contribution in [-0.2, 0) is 6.42 Å². The van der Waals surface area contributed by atoms with Crippen LogP contribution in [0.25, 0.3) is 0 Å². The highest BCUT2D eigenvalue weighted by Gasteiger charge is 2.43. The van der Waals surface area contributed by atoms with Gasteiger partial charge in [-0.2, -0.15) is 0 Å². The number of rotatable bonds is 1. The number of ether oxygens (including phenoxy) is 1. The molecule has 0 N–H and O–H groups in total. The summed E-state index contributed by atoms with van der Waals surface area (Å²) in [4.78, 5) is 5.19. The third-order valence-corrected chi connectivity index (χ3v) is 5.97. The fourth-order valence-electron chi connectivity index (χ4n) is 4.50. The number of fused-ring (bicyclic) bond motifs is 1. The van der Waals surface area contributed by atoms with Crippen molar-refractivity contribution in [1.82, 2.24) is 9.80 Å². The molecule has 0 radical (unpaired) electrons. The fourth-order valence-corrected chi connectivity index (χ4v) is 4.50. The van der Waals surface area contributed by atoms with Crippen molar-refractivity contribution < 1.29 is 4.74 Å². The number of likely N-dealkylation sites (tertiary alicyclic amines) is 2. The van der Waals surface area contributed by atoms with Gasteiger partial charge in [0.25, 0.3) is 0 Å². The molecule has 0 bridgehead atoms. The van der Waals surface area contributed by atoms with Gasteiger partial charge < -0.3 is 9.64 Å². The quantitative estimate of drug-likeness (QED) is 0.793. The van der Waals surface area contributed by atoms with E-state index in [-0.39, 0.29) is 5.60 Å². The molecule has 0 amide bonds. The molecule has 0 aliphatic carbocycles. The van der Waals surface area contributed by atoms with E-state index in [1.165, 1.54) is 63.0 Å². The van der Waals surface area contributed by atoms with Gasteiger partial charge in [0.2, 0.25) is 0 Å². The van der Waals surface area contributed by atoms with Crippen molar-refractivity contribution in [3.63, 3.8) is 0 Å². The summed E-state index contributed by atoms with van der Waals surface area (Å²) in [6.07, 6.45) is 6.17. The Balaban J connectivity index is 1.38. The van der Waals surface area contributed by atoms with E-state index in [1.807, 2.05) is 0 Å². The van der Waals surface area contributed by atoms with Gasteiger partial charge in [-0.05, 0) is 51.5 Å². The second kappa shape index (κ2) is 5.54. The van der Waals surface area contributed by atoms with Crippen LogP contribution in [0.2, 0.25) is 0 Å². The van der Waals surface area contributed by atoms with Gasteiger partial charge >= 0.3 is 0 Å². The average molecular weight is 300 g/mol. The lowest BCUT2D eigenvalue weighted by molar-refractivity contribution is -0.00401. The van der Waals surface area contributed by atoms with Crippen LogP contribution in [0.15, 0.2) is 18.2 Å². The van der Waals surface area contributed by atoms with E-state index in [1.54, 1.807) is 0 Å². The van der Waals surface area contributed by atoms with Crippen LogP contribution < -0.4 is 4.74 Å². The Bertz CT molecular complexity index is 540. The molecule has 3 nitrogen and oxygen atoms in total. The largest absolute Gasteiger partial charge is 0.487 e. The molecule has 2 saturated heterocycles. The predicted molar refractivity (Wildman–Crippen MR) is 89.6 cm³/mol. The number of piperidine rings is 2. The Labute approximate surface area is 134 Å². The zero-order valence-corrected chi connectivity index (χ0v) is 14.0. The van der Waals surface area contributed by atoms with Gasteiger partial charge in [-0.1, -0.05) is 17.7 Å². The number of aryl methyl sites for hydroxylation is 1. The summed E-state index contributed by atoms with van der Waals surface area (Å²) >= 11 is 0. The molecule has 2 fully saturated rings. The van der Waals surface area contributed by atoms with Crippen molar-refractivity contribution in [2.24, 2.45) is 0 Å². The van der Waals surface area contributed by atoms with Crippen LogP contribution in [0.4, 0.5) is 0 Å². The van der Waals surface area contributed by atoms with Crippen LogP contribution >= 0.6 is 0 Å². The molecule has 120 valence electrons. The number of hydrogen-bond donors (Lipinski definition) is 0. The van der Waals surface area contributed by atoms with Gasteiger partial charge in [-0.15, -0.1) is 0 Å². The van der Waals surface area contributed by atoms with E-state index in [0.717, 1.165) is 18.2 Å². The van der Waals surface area contributed by atoms with Crippen LogP contribution in [0.3, 0.4) is 0 Å². The highest BCUT2D eigenvalue weighted by molar-refractivity contribution is 5.42. The highest BCUT2D eigenvalue weighted by atomic mass is 16.5. The molecule has 0 saturated carbocycles. The minimum absolute atomic E-state index is 0.0953. The first-order chi connectivity index (χ1) is 10.6. The summed E-state index contributed by atoms with van der Waals surface area (Å²) in [6.45, 7) is 7.11. The monoisotopic (exact) mass is 300 g/mol. The molecule has 1 spiro atoms. The average Bonchev–Trinajstić information content (AvgIpc) is 2.86. The van der Waals surface area contributed by atoms with Crippen molar-refractivity contribution in [2.45, 2.75) is 50.7 Å². The van der Waals surface area contributed by atoms with Gasteiger partial charge in [0.15, 0.2) is 0 Å². The van der Waals surface area contributed by atoms with E-state index in [2.05, 4.69) is 42.0 Å². The van der Waals surface area contributed by atoms with Crippen molar-refractivity contribution in [1.29, 1.82) is 0 Å². The maximum Gasteiger partial charge on any atom is 0.123 e. The van der Waals surface area contributed by atoms with E-state index in [0.29, 0.717) is 0 Å². The molecular formula is C19H28N2O. The standard InChI is InChI=1S/C19H28N2O/c1-15-3-4-18-16(13-15)14-19(22-18)7-11-21(12-8-19)17-5-9-20(2)10-6-17/h3-4,13,17H,5-12,14H2,1-2H3. The second-order valence-electron chi connectivity index (χ2n) is 7.64. The first-order valence-corrected chi connectivity index (χ1v) is 8.85. The molecule has 0 aromatic heterocycles. The summed E-state index contributed by atoms with van der Waals surface area (Å²) in [5.74, 6) is 1.14. The first kappa shape index (κ1) is 14.5. The molecule has 1 aromatic rings. The van der Waals surface area contributed by atoms with E-state index in [4.69, 9.17) is 4.74 Å². The Morgan fingerprint density at radius 3 is 2.55 bits per heavy atom. The lowest BCUT2D eigenvalue weighted by atomic mass is 9.85. The molecule has 0 unspecified atom stereocenters. The summed E-state index contributed by atoms with van der Waals surface area (Å²) in [5.41, 5.74) is 2.87. The number of benzene rings is 1. The summed E-state index contributed by atoms with van der Waals surface area (Å²) in [5, 5.41) is 0. The third-order valence-electron chi connectivity index (χ3n) is 5.97. The summed E-state index contributed by atoms with van der Waals surface area (Å²) in [7, 11) is 2.24. The normalized spacial score (nSPS) is 26.1. The van der Waals surface area contributed by atoms with Gasteiger partial charge in [-0.25, -0.2) is 0 Å². The molecule has 3 heterocycles. The third kappa shape index (κ3) is 2.65. The van der Waals surface area contributed by atoms with Crippen molar-refractivity contribution in [3.8, 4) is 5.75 Å². The smallest absolute Gasteiger partial charge is 0.123 e. The van der Waals surface area contributed by atoms with E-state index in [9.17, 15) is 0 Å². The minimum atomic E-state index is 0.0953. The number of hydrogen-bond acceptors (Lipinski definition) is 3. The topological polar surface area (TPSA) is 15.7 Å².